The zero-order valence-corrected chi connectivity index (χ0v) is 16.7. The van der Waals surface area contributed by atoms with Crippen molar-refractivity contribution in [2.24, 2.45) is 0 Å². The number of rotatable bonds is 5. The first-order valence-corrected chi connectivity index (χ1v) is 9.07. The minimum absolute atomic E-state index is 0.0299. The third-order valence-electron chi connectivity index (χ3n) is 4.14. The van der Waals surface area contributed by atoms with E-state index >= 15 is 0 Å². The number of carbonyl (C=O) groups is 2. The minimum Gasteiger partial charge on any atom is -0.462 e. The van der Waals surface area contributed by atoms with Gasteiger partial charge in [-0.25, -0.2) is 9.59 Å². The van der Waals surface area contributed by atoms with Crippen LogP contribution in [-0.4, -0.2) is 54.0 Å². The van der Waals surface area contributed by atoms with Gasteiger partial charge in [0.15, 0.2) is 0 Å². The van der Waals surface area contributed by atoms with Crippen molar-refractivity contribution < 1.29 is 23.8 Å². The van der Waals surface area contributed by atoms with Crippen LogP contribution in [0.3, 0.4) is 0 Å². The van der Waals surface area contributed by atoms with Gasteiger partial charge in [0.25, 0.3) is 5.56 Å². The fourth-order valence-electron chi connectivity index (χ4n) is 2.98. The number of hydrogen-bond donors (Lipinski definition) is 0. The molecule has 0 spiro atoms. The summed E-state index contributed by atoms with van der Waals surface area (Å²) in [6.07, 6.45) is 0.0804. The summed E-state index contributed by atoms with van der Waals surface area (Å²) in [6.45, 7) is 8.67. The molecule has 2 rings (SSSR count). The second-order valence-electron chi connectivity index (χ2n) is 7.35. The van der Waals surface area contributed by atoms with Gasteiger partial charge >= 0.3 is 12.1 Å². The van der Waals surface area contributed by atoms with Gasteiger partial charge in [-0.1, -0.05) is 0 Å². The lowest BCUT2D eigenvalue weighted by molar-refractivity contribution is 0.0220. The van der Waals surface area contributed by atoms with Crippen molar-refractivity contribution in [1.82, 2.24) is 9.47 Å². The Morgan fingerprint density at radius 3 is 2.56 bits per heavy atom. The lowest BCUT2D eigenvalue weighted by Crippen LogP contribution is -2.43. The van der Waals surface area contributed by atoms with Crippen molar-refractivity contribution >= 4 is 12.1 Å². The minimum atomic E-state index is -0.661. The smallest absolute Gasteiger partial charge is 0.410 e. The van der Waals surface area contributed by atoms with E-state index in [-0.39, 0.29) is 18.7 Å². The fraction of sp³-hybridized carbons (Fsp3) is 0.632. The van der Waals surface area contributed by atoms with E-state index in [1.165, 1.54) is 6.07 Å². The Morgan fingerprint density at radius 1 is 1.26 bits per heavy atom. The van der Waals surface area contributed by atoms with E-state index in [0.717, 1.165) is 11.3 Å². The van der Waals surface area contributed by atoms with E-state index in [2.05, 4.69) is 0 Å². The molecule has 0 bridgehead atoms. The average Bonchev–Trinajstić information content (AvgIpc) is 2.58. The number of nitrogens with zero attached hydrogens (tertiary/aromatic N) is 2. The molecule has 150 valence electrons. The summed E-state index contributed by atoms with van der Waals surface area (Å²) in [7, 11) is 1.55. The Kier molecular flexibility index (Phi) is 6.64. The molecule has 8 heteroatoms. The van der Waals surface area contributed by atoms with Crippen molar-refractivity contribution in [1.29, 1.82) is 0 Å². The van der Waals surface area contributed by atoms with Crippen molar-refractivity contribution in [3.8, 4) is 0 Å². The van der Waals surface area contributed by atoms with Crippen LogP contribution in [0.2, 0.25) is 0 Å². The van der Waals surface area contributed by atoms with Gasteiger partial charge < -0.3 is 23.7 Å². The molecular formula is C19H28N2O6. The molecule has 1 aromatic heterocycles. The van der Waals surface area contributed by atoms with Gasteiger partial charge in [-0.3, -0.25) is 4.79 Å². The molecule has 8 nitrogen and oxygen atoms in total. The number of aromatic nitrogens is 1. The normalized spacial score (nSPS) is 13.9. The molecule has 27 heavy (non-hydrogen) atoms. The van der Waals surface area contributed by atoms with E-state index in [1.807, 2.05) is 20.8 Å². The van der Waals surface area contributed by atoms with Crippen molar-refractivity contribution in [2.45, 2.75) is 52.8 Å². The number of esters is 1. The molecule has 0 radical (unpaired) electrons. The van der Waals surface area contributed by atoms with Crippen LogP contribution >= 0.6 is 0 Å². The number of hydrogen-bond acceptors (Lipinski definition) is 6. The molecule has 0 unspecified atom stereocenters. The van der Waals surface area contributed by atoms with Gasteiger partial charge in [-0.15, -0.1) is 0 Å². The predicted molar refractivity (Wildman–Crippen MR) is 98.9 cm³/mol. The zero-order valence-electron chi connectivity index (χ0n) is 16.7. The first kappa shape index (κ1) is 21.0. The van der Waals surface area contributed by atoms with E-state index in [0.29, 0.717) is 26.1 Å². The topological polar surface area (TPSA) is 87.1 Å². The molecule has 1 aromatic rings. The molecule has 1 amide bonds. The fourth-order valence-corrected chi connectivity index (χ4v) is 2.98. The highest BCUT2D eigenvalue weighted by atomic mass is 16.6. The molecule has 0 atom stereocenters. The van der Waals surface area contributed by atoms with Crippen LogP contribution in [0.1, 0.15) is 49.3 Å². The standard InChI is InChI=1S/C19H28N2O6/c1-6-26-17(23)14-11-13-12-20(18(24)27-19(2,3)4)8-7-15(13)21(16(14)22)9-10-25-5/h11H,6-10,12H2,1-5H3. The quantitative estimate of drug-likeness (QED) is 0.726. The van der Waals surface area contributed by atoms with E-state index < -0.39 is 23.2 Å². The maximum Gasteiger partial charge on any atom is 0.410 e. The molecule has 0 fully saturated rings. The number of carbonyl (C=O) groups excluding carboxylic acids is 2. The lowest BCUT2D eigenvalue weighted by Gasteiger charge is -2.32. The molecule has 1 aliphatic rings. The third kappa shape index (κ3) is 5.09. The van der Waals surface area contributed by atoms with Crippen LogP contribution in [0.15, 0.2) is 10.9 Å². The summed E-state index contributed by atoms with van der Waals surface area (Å²) in [5.41, 5.74) is 0.536. The van der Waals surface area contributed by atoms with Crippen LogP contribution in [0.5, 0.6) is 0 Å². The maximum atomic E-state index is 12.8. The second-order valence-corrected chi connectivity index (χ2v) is 7.35. The summed E-state index contributed by atoms with van der Waals surface area (Å²) >= 11 is 0. The summed E-state index contributed by atoms with van der Waals surface area (Å²) in [5.74, 6) is -0.661. The summed E-state index contributed by atoms with van der Waals surface area (Å²) in [6, 6.07) is 1.54. The average molecular weight is 380 g/mol. The van der Waals surface area contributed by atoms with Gasteiger partial charge in [0.1, 0.15) is 11.2 Å². The van der Waals surface area contributed by atoms with Gasteiger partial charge in [0.2, 0.25) is 0 Å². The Bertz CT molecular complexity index is 763. The largest absolute Gasteiger partial charge is 0.462 e. The predicted octanol–water partition coefficient (Wildman–Crippen LogP) is 1.96. The monoisotopic (exact) mass is 380 g/mol. The van der Waals surface area contributed by atoms with E-state index in [4.69, 9.17) is 14.2 Å². The number of methoxy groups -OCH3 is 1. The lowest BCUT2D eigenvalue weighted by atomic mass is 10.0. The molecule has 0 aliphatic carbocycles. The molecule has 1 aliphatic heterocycles. The number of ether oxygens (including phenoxy) is 3. The second kappa shape index (κ2) is 8.56. The summed E-state index contributed by atoms with van der Waals surface area (Å²) in [5, 5.41) is 0. The van der Waals surface area contributed by atoms with Gasteiger partial charge in [0.05, 0.1) is 19.8 Å². The maximum absolute atomic E-state index is 12.8. The molecule has 0 N–H and O–H groups in total. The Morgan fingerprint density at radius 2 is 1.96 bits per heavy atom. The van der Waals surface area contributed by atoms with Crippen molar-refractivity contribution in [2.75, 3.05) is 26.9 Å². The van der Waals surface area contributed by atoms with Crippen molar-refractivity contribution in [3.63, 3.8) is 0 Å². The highest BCUT2D eigenvalue weighted by Crippen LogP contribution is 2.21. The Labute approximate surface area is 159 Å². The Balaban J connectivity index is 2.40. The van der Waals surface area contributed by atoms with Crippen LogP contribution < -0.4 is 5.56 Å². The number of pyridine rings is 1. The summed E-state index contributed by atoms with van der Waals surface area (Å²) in [4.78, 5) is 38.9. The number of amides is 1. The third-order valence-corrected chi connectivity index (χ3v) is 4.14. The van der Waals surface area contributed by atoms with E-state index in [9.17, 15) is 14.4 Å². The Hall–Kier alpha value is -2.35. The van der Waals surface area contributed by atoms with Crippen LogP contribution in [0.4, 0.5) is 4.79 Å². The van der Waals surface area contributed by atoms with Crippen molar-refractivity contribution in [3.05, 3.63) is 33.2 Å². The van der Waals surface area contributed by atoms with Crippen LogP contribution in [0.25, 0.3) is 0 Å². The highest BCUT2D eigenvalue weighted by molar-refractivity contribution is 5.89. The molecular weight excluding hydrogens is 352 g/mol. The van der Waals surface area contributed by atoms with Crippen LogP contribution in [0, 0.1) is 0 Å². The number of fused-ring (bicyclic) bond motifs is 1. The van der Waals surface area contributed by atoms with E-state index in [1.54, 1.807) is 23.5 Å². The first-order chi connectivity index (χ1) is 12.7. The molecule has 2 heterocycles. The summed E-state index contributed by atoms with van der Waals surface area (Å²) < 4.78 is 17.1. The molecule has 0 saturated carbocycles. The molecule has 0 aromatic carbocycles. The van der Waals surface area contributed by atoms with Gasteiger partial charge in [0, 0.05) is 32.3 Å². The highest BCUT2D eigenvalue weighted by Gasteiger charge is 2.29. The van der Waals surface area contributed by atoms with Gasteiger partial charge in [-0.05, 0) is 39.3 Å². The van der Waals surface area contributed by atoms with Gasteiger partial charge in [-0.2, -0.15) is 0 Å². The zero-order chi connectivity index (χ0) is 20.2. The first-order valence-electron chi connectivity index (χ1n) is 9.07. The SMILES string of the molecule is CCOC(=O)c1cc2c(n(CCOC)c1=O)CCN(C(=O)OC(C)(C)C)C2. The molecule has 0 saturated heterocycles. The van der Waals surface area contributed by atoms with Crippen LogP contribution in [-0.2, 0) is 33.7 Å².